The zero-order chi connectivity index (χ0) is 37.0. The van der Waals surface area contributed by atoms with E-state index in [4.69, 9.17) is 0 Å². The van der Waals surface area contributed by atoms with Gasteiger partial charge in [-0.05, 0) is 132 Å². The number of aromatic nitrogens is 4. The largest absolute Gasteiger partial charge is 0.396 e. The van der Waals surface area contributed by atoms with Crippen LogP contribution in [0.3, 0.4) is 0 Å². The maximum Gasteiger partial charge on any atom is 0.204 e. The van der Waals surface area contributed by atoms with Crippen molar-refractivity contribution in [2.75, 3.05) is 6.61 Å². The van der Waals surface area contributed by atoms with Gasteiger partial charge in [0.25, 0.3) is 0 Å². The molecular formula is C44H64N4O. The Kier molecular flexibility index (Phi) is 15.2. The summed E-state index contributed by atoms with van der Waals surface area (Å²) < 4.78 is 0. The SMILES string of the molecule is C#C.C#C.C#C.C=CC.CC.CC1(C)C(c2ccc(-c3nn[nH]n3)cc2)=CC[C@@]2(C)C1CC[C@@]1(C)C3CC[C@@]4(CO)CCCC4[C@H]3CCC12. The van der Waals surface area contributed by atoms with E-state index in [1.165, 1.54) is 75.3 Å². The van der Waals surface area contributed by atoms with Crippen LogP contribution in [0.15, 0.2) is 43.0 Å². The fraction of sp³-hybridized carbons (Fsp3) is 0.614. The molecule has 1 aromatic carbocycles. The molecule has 4 unspecified atom stereocenters. The third kappa shape index (κ3) is 7.33. The van der Waals surface area contributed by atoms with Gasteiger partial charge in [-0.25, -0.2) is 0 Å². The lowest BCUT2D eigenvalue weighted by Gasteiger charge is -2.68. The molecule has 0 amide bonds. The van der Waals surface area contributed by atoms with Gasteiger partial charge >= 0.3 is 0 Å². The Balaban J connectivity index is 0.000000688. The molecule has 4 saturated carbocycles. The van der Waals surface area contributed by atoms with Gasteiger partial charge in [-0.2, -0.15) is 5.21 Å². The lowest BCUT2D eigenvalue weighted by Crippen LogP contribution is -2.61. The van der Waals surface area contributed by atoms with Crippen LogP contribution in [-0.4, -0.2) is 32.3 Å². The molecule has 0 spiro atoms. The number of allylic oxidation sites excluding steroid dienone is 3. The number of fused-ring (bicyclic) bond motifs is 7. The van der Waals surface area contributed by atoms with Gasteiger partial charge in [-0.15, -0.1) is 55.3 Å². The Labute approximate surface area is 299 Å². The molecule has 7 rings (SSSR count). The molecule has 5 aliphatic rings. The molecule has 0 aliphatic heterocycles. The van der Waals surface area contributed by atoms with Crippen molar-refractivity contribution in [1.82, 2.24) is 20.6 Å². The van der Waals surface area contributed by atoms with Crippen molar-refractivity contribution < 1.29 is 5.11 Å². The van der Waals surface area contributed by atoms with Gasteiger partial charge in [0.15, 0.2) is 0 Å². The summed E-state index contributed by atoms with van der Waals surface area (Å²) in [5.74, 6) is 4.64. The fourth-order valence-corrected chi connectivity index (χ4v) is 11.8. The highest BCUT2D eigenvalue weighted by atomic mass is 16.3. The van der Waals surface area contributed by atoms with Crippen LogP contribution < -0.4 is 0 Å². The van der Waals surface area contributed by atoms with E-state index in [0.717, 1.165) is 29.2 Å². The number of hydrogen-bond acceptors (Lipinski definition) is 4. The number of nitrogens with zero attached hydrogens (tertiary/aromatic N) is 3. The Morgan fingerprint density at radius 3 is 2.00 bits per heavy atom. The molecule has 1 aromatic heterocycles. The number of aromatic amines is 1. The van der Waals surface area contributed by atoms with Crippen molar-refractivity contribution in [3.05, 3.63) is 48.6 Å². The first-order valence-electron chi connectivity index (χ1n) is 18.4. The summed E-state index contributed by atoms with van der Waals surface area (Å²) in [4.78, 5) is 0. The molecule has 266 valence electrons. The zero-order valence-corrected chi connectivity index (χ0v) is 31.6. The third-order valence-corrected chi connectivity index (χ3v) is 13.4. The van der Waals surface area contributed by atoms with E-state index < -0.39 is 0 Å². The quantitative estimate of drug-likeness (QED) is 0.253. The molecule has 5 nitrogen and oxygen atoms in total. The van der Waals surface area contributed by atoms with E-state index in [-0.39, 0.29) is 10.8 Å². The monoisotopic (exact) mass is 665 g/mol. The first kappa shape index (κ1) is 41.6. The number of H-pyrrole nitrogens is 1. The van der Waals surface area contributed by atoms with Gasteiger partial charge in [0.05, 0.1) is 0 Å². The highest BCUT2D eigenvalue weighted by Gasteiger charge is 2.65. The minimum atomic E-state index is 0.142. The average molecular weight is 665 g/mol. The summed E-state index contributed by atoms with van der Waals surface area (Å²) >= 11 is 0. The maximum atomic E-state index is 10.5. The summed E-state index contributed by atoms with van der Waals surface area (Å²) in [5.41, 5.74) is 5.08. The van der Waals surface area contributed by atoms with E-state index in [0.29, 0.717) is 29.2 Å². The topological polar surface area (TPSA) is 74.7 Å². The second-order valence-electron chi connectivity index (χ2n) is 15.3. The molecule has 0 bridgehead atoms. The Morgan fingerprint density at radius 1 is 0.816 bits per heavy atom. The summed E-state index contributed by atoms with van der Waals surface area (Å²) in [7, 11) is 0. The van der Waals surface area contributed by atoms with Gasteiger partial charge in [0, 0.05) is 12.2 Å². The fourth-order valence-electron chi connectivity index (χ4n) is 11.8. The molecule has 0 radical (unpaired) electrons. The molecule has 49 heavy (non-hydrogen) atoms. The van der Waals surface area contributed by atoms with E-state index >= 15 is 0 Å². The number of tetrazole rings is 1. The number of hydrogen-bond donors (Lipinski definition) is 2. The first-order chi connectivity index (χ1) is 23.6. The van der Waals surface area contributed by atoms with Crippen LogP contribution in [0.1, 0.15) is 118 Å². The lowest BCUT2D eigenvalue weighted by molar-refractivity contribution is -0.181. The average Bonchev–Trinajstić information content (AvgIpc) is 3.84. The maximum absolute atomic E-state index is 10.5. The molecule has 5 aliphatic carbocycles. The van der Waals surface area contributed by atoms with Crippen LogP contribution in [-0.2, 0) is 0 Å². The van der Waals surface area contributed by atoms with Gasteiger partial charge < -0.3 is 5.11 Å². The van der Waals surface area contributed by atoms with Gasteiger partial charge in [-0.3, -0.25) is 0 Å². The molecule has 2 aromatic rings. The third-order valence-electron chi connectivity index (χ3n) is 13.4. The highest BCUT2D eigenvalue weighted by Crippen LogP contribution is 2.73. The van der Waals surface area contributed by atoms with Crippen molar-refractivity contribution in [3.63, 3.8) is 0 Å². The van der Waals surface area contributed by atoms with Crippen LogP contribution >= 0.6 is 0 Å². The standard InChI is InChI=1S/C33H46N4O.C3H6.C2H6.3C2H2/c1-30(2)24(21-7-9-22(10-8-21)29-34-36-37-35-29)13-17-32(4)27(30)15-18-31(3)25-14-19-33(20-38)16-5-6-26(33)23(25)11-12-28(31)32;1-3-2;4*1-2/h7-10,13,23,25-28,38H,5-6,11-12,14-20H2,1-4H3,(H,34,35,36,37);3H,1H2,2H3;1-2H3;3*1-2H/t23-,25?,26?,27?,28?,31-,32-,33+;;;;;/m0...../s1. The summed E-state index contributed by atoms with van der Waals surface area (Å²) in [6.07, 6.45) is 41.7. The molecule has 8 atom stereocenters. The van der Waals surface area contributed by atoms with Crippen LogP contribution in [0.4, 0.5) is 0 Å². The number of aliphatic hydroxyl groups is 1. The lowest BCUT2D eigenvalue weighted by atomic mass is 9.36. The Hall–Kier alpha value is -3.59. The summed E-state index contributed by atoms with van der Waals surface area (Å²) in [5, 5.41) is 25.0. The van der Waals surface area contributed by atoms with Crippen molar-refractivity contribution >= 4 is 5.57 Å². The molecular weight excluding hydrogens is 601 g/mol. The number of terminal acetylenes is 3. The number of nitrogens with one attached hydrogen (secondary N) is 1. The second-order valence-corrected chi connectivity index (χ2v) is 15.3. The highest BCUT2D eigenvalue weighted by molar-refractivity contribution is 5.73. The predicted octanol–water partition coefficient (Wildman–Crippen LogP) is 10.3. The van der Waals surface area contributed by atoms with Crippen molar-refractivity contribution in [2.24, 2.45) is 51.2 Å². The van der Waals surface area contributed by atoms with Crippen molar-refractivity contribution in [3.8, 4) is 49.9 Å². The van der Waals surface area contributed by atoms with E-state index in [1.54, 1.807) is 6.08 Å². The van der Waals surface area contributed by atoms with Crippen LogP contribution in [0.2, 0.25) is 0 Å². The van der Waals surface area contributed by atoms with Gasteiger partial charge in [0.1, 0.15) is 0 Å². The van der Waals surface area contributed by atoms with Crippen molar-refractivity contribution in [2.45, 2.75) is 113 Å². The minimum Gasteiger partial charge on any atom is -0.396 e. The van der Waals surface area contributed by atoms with Gasteiger partial charge in [0.2, 0.25) is 5.82 Å². The molecule has 0 saturated heterocycles. The molecule has 2 N–H and O–H groups in total. The number of benzene rings is 1. The second kappa shape index (κ2) is 17.9. The van der Waals surface area contributed by atoms with Crippen molar-refractivity contribution in [1.29, 1.82) is 0 Å². The summed E-state index contributed by atoms with van der Waals surface area (Å²) in [6, 6.07) is 8.81. The molecule has 1 heterocycles. The van der Waals surface area contributed by atoms with E-state index in [1.807, 2.05) is 20.8 Å². The van der Waals surface area contributed by atoms with Gasteiger partial charge in [-0.1, -0.05) is 84.4 Å². The smallest absolute Gasteiger partial charge is 0.204 e. The Bertz CT molecular complexity index is 1380. The summed E-state index contributed by atoms with van der Waals surface area (Å²) in [6.45, 7) is 20.1. The van der Waals surface area contributed by atoms with Crippen LogP contribution in [0.5, 0.6) is 0 Å². The number of aliphatic hydroxyl groups excluding tert-OH is 1. The van der Waals surface area contributed by atoms with E-state index in [9.17, 15) is 5.11 Å². The molecule has 4 fully saturated rings. The Morgan fingerprint density at radius 2 is 1.43 bits per heavy atom. The van der Waals surface area contributed by atoms with Crippen LogP contribution in [0.25, 0.3) is 17.0 Å². The molecule has 5 heteroatoms. The van der Waals surface area contributed by atoms with Crippen LogP contribution in [0, 0.1) is 89.8 Å². The normalized spacial score (nSPS) is 34.2. The number of rotatable bonds is 3. The predicted molar refractivity (Wildman–Crippen MR) is 208 cm³/mol. The van der Waals surface area contributed by atoms with E-state index in [2.05, 4.69) is 124 Å². The zero-order valence-electron chi connectivity index (χ0n) is 31.6. The first-order valence-corrected chi connectivity index (χ1v) is 18.4. The minimum absolute atomic E-state index is 0.142.